The van der Waals surface area contributed by atoms with E-state index in [2.05, 4.69) is 80.5 Å². The molecular weight excluding hydrogens is 486 g/mol. The van der Waals surface area contributed by atoms with Crippen molar-refractivity contribution in [2.75, 3.05) is 24.6 Å². The molecule has 1 aliphatic heterocycles. The van der Waals surface area contributed by atoms with Gasteiger partial charge in [-0.15, -0.1) is 0 Å². The molecule has 2 aromatic carbocycles. The van der Waals surface area contributed by atoms with Crippen LogP contribution in [-0.4, -0.2) is 35.2 Å². The van der Waals surface area contributed by atoms with Crippen LogP contribution in [0.15, 0.2) is 60.8 Å². The molecule has 0 saturated heterocycles. The topological polar surface area (TPSA) is 56.6 Å². The Kier molecular flexibility index (Phi) is 7.65. The number of ether oxygens (including phenoxy) is 2. The number of cyclic esters (lactones) is 1. The third-order valence-electron chi connectivity index (χ3n) is 7.98. The minimum Gasteiger partial charge on any atom is -0.493 e. The number of hydrogen-bond donors (Lipinski definition) is 0. The van der Waals surface area contributed by atoms with Gasteiger partial charge >= 0.3 is 5.97 Å². The zero-order valence-corrected chi connectivity index (χ0v) is 23.8. The van der Waals surface area contributed by atoms with Gasteiger partial charge in [-0.05, 0) is 64.4 Å². The van der Waals surface area contributed by atoms with Gasteiger partial charge in [-0.2, -0.15) is 0 Å². The van der Waals surface area contributed by atoms with Crippen molar-refractivity contribution in [3.8, 4) is 5.75 Å². The molecule has 39 heavy (non-hydrogen) atoms. The summed E-state index contributed by atoms with van der Waals surface area (Å²) in [6.45, 7) is 13.9. The second kappa shape index (κ2) is 11.1. The molecule has 0 saturated carbocycles. The molecule has 0 fully saturated rings. The monoisotopic (exact) mass is 525 g/mol. The average molecular weight is 526 g/mol. The molecule has 6 heteroatoms. The number of esters is 1. The average Bonchev–Trinajstić information content (AvgIpc) is 3.42. The van der Waals surface area contributed by atoms with E-state index in [0.717, 1.165) is 78.1 Å². The number of aryl methyl sites for hydroxylation is 1. The number of nitrogens with zero attached hydrogens (tertiary/aromatic N) is 3. The van der Waals surface area contributed by atoms with E-state index in [-0.39, 0.29) is 5.97 Å². The molecule has 0 N–H and O–H groups in total. The Labute approximate surface area is 231 Å². The minimum absolute atomic E-state index is 0.365. The second-order valence-corrected chi connectivity index (χ2v) is 10.1. The van der Waals surface area contributed by atoms with Crippen molar-refractivity contribution >= 4 is 22.6 Å². The van der Waals surface area contributed by atoms with E-state index in [9.17, 15) is 4.79 Å². The van der Waals surface area contributed by atoms with Crippen molar-refractivity contribution in [1.82, 2.24) is 9.55 Å². The second-order valence-electron chi connectivity index (χ2n) is 10.1. The SMILES string of the molecule is CCCCCOc1cc(N(CC)CC)ccc1C1(c2c(C)n(CC)c3ccccc23)OC(=O)c2cccnc21. The maximum Gasteiger partial charge on any atom is 0.341 e. The zero-order chi connectivity index (χ0) is 27.6. The van der Waals surface area contributed by atoms with Crippen molar-refractivity contribution in [2.24, 2.45) is 0 Å². The summed E-state index contributed by atoms with van der Waals surface area (Å²) in [5, 5.41) is 1.05. The van der Waals surface area contributed by atoms with Crippen molar-refractivity contribution in [3.63, 3.8) is 0 Å². The summed E-state index contributed by atoms with van der Waals surface area (Å²) in [4.78, 5) is 20.6. The van der Waals surface area contributed by atoms with Crippen LogP contribution in [0.4, 0.5) is 5.69 Å². The molecule has 6 nitrogen and oxygen atoms in total. The number of aromatic nitrogens is 2. The molecule has 4 aromatic rings. The van der Waals surface area contributed by atoms with Crippen LogP contribution in [0.25, 0.3) is 10.9 Å². The van der Waals surface area contributed by atoms with Gasteiger partial charge in [0.05, 0.1) is 12.2 Å². The molecule has 1 unspecified atom stereocenters. The van der Waals surface area contributed by atoms with Crippen LogP contribution in [0.1, 0.15) is 79.8 Å². The lowest BCUT2D eigenvalue weighted by atomic mass is 9.80. The molecule has 0 spiro atoms. The largest absolute Gasteiger partial charge is 0.493 e. The summed E-state index contributed by atoms with van der Waals surface area (Å²) in [5.41, 5.74) is 4.87. The Balaban J connectivity index is 1.84. The molecule has 0 aliphatic carbocycles. The van der Waals surface area contributed by atoms with Gasteiger partial charge in [0.15, 0.2) is 0 Å². The lowest BCUT2D eigenvalue weighted by Gasteiger charge is -2.32. The van der Waals surface area contributed by atoms with Crippen molar-refractivity contribution < 1.29 is 14.3 Å². The van der Waals surface area contributed by atoms with Crippen molar-refractivity contribution in [2.45, 2.75) is 66.0 Å². The first-order chi connectivity index (χ1) is 19.0. The van der Waals surface area contributed by atoms with E-state index in [1.54, 1.807) is 12.3 Å². The third-order valence-corrected chi connectivity index (χ3v) is 7.98. The normalized spacial score (nSPS) is 16.4. The summed E-state index contributed by atoms with van der Waals surface area (Å²) in [6.07, 6.45) is 4.92. The van der Waals surface area contributed by atoms with Gasteiger partial charge in [0.2, 0.25) is 5.60 Å². The molecule has 1 aliphatic rings. The van der Waals surface area contributed by atoms with Crippen LogP contribution < -0.4 is 9.64 Å². The number of carbonyl (C=O) groups is 1. The highest BCUT2D eigenvalue weighted by molar-refractivity contribution is 5.98. The predicted octanol–water partition coefficient (Wildman–Crippen LogP) is 7.24. The van der Waals surface area contributed by atoms with Crippen molar-refractivity contribution in [3.05, 3.63) is 88.9 Å². The van der Waals surface area contributed by atoms with Crippen LogP contribution in [0.2, 0.25) is 0 Å². The van der Waals surface area contributed by atoms with Crippen LogP contribution in [-0.2, 0) is 16.9 Å². The molecule has 3 heterocycles. The van der Waals surface area contributed by atoms with Crippen LogP contribution >= 0.6 is 0 Å². The maximum atomic E-state index is 13.5. The van der Waals surface area contributed by atoms with E-state index in [1.807, 2.05) is 12.1 Å². The fourth-order valence-corrected chi connectivity index (χ4v) is 6.10. The number of fused-ring (bicyclic) bond motifs is 2. The lowest BCUT2D eigenvalue weighted by molar-refractivity contribution is 0.0237. The fraction of sp³-hybridized carbons (Fsp3) is 0.394. The number of anilines is 1. The van der Waals surface area contributed by atoms with Gasteiger partial charge in [0.1, 0.15) is 11.4 Å². The Morgan fingerprint density at radius 2 is 1.79 bits per heavy atom. The smallest absolute Gasteiger partial charge is 0.341 e. The fourth-order valence-electron chi connectivity index (χ4n) is 6.10. The number of pyridine rings is 1. The van der Waals surface area contributed by atoms with Crippen LogP contribution in [0, 0.1) is 6.92 Å². The predicted molar refractivity (Wildman–Crippen MR) is 157 cm³/mol. The zero-order valence-electron chi connectivity index (χ0n) is 23.8. The molecule has 2 aromatic heterocycles. The maximum absolute atomic E-state index is 13.5. The molecular formula is C33H39N3O3. The molecule has 5 rings (SSSR count). The molecule has 0 radical (unpaired) electrons. The number of benzene rings is 2. The first kappa shape index (κ1) is 26.8. The van der Waals surface area contributed by atoms with Crippen molar-refractivity contribution in [1.29, 1.82) is 0 Å². The summed E-state index contributed by atoms with van der Waals surface area (Å²) < 4.78 is 15.4. The van der Waals surface area contributed by atoms with Gasteiger partial charge in [0.25, 0.3) is 0 Å². The number of para-hydroxylation sites is 1. The Morgan fingerprint density at radius 3 is 2.54 bits per heavy atom. The standard InChI is InChI=1S/C33H39N3O3/c1-6-10-13-21-38-29-22-24(35(7-2)8-3)18-19-27(29)33(31-26(32(37)39-33)16-14-20-34-31)30-23(5)36(9-4)28-17-12-11-15-25(28)30/h11-12,14-20,22H,6-10,13,21H2,1-5H3. The van der Waals surface area contributed by atoms with E-state index < -0.39 is 5.60 Å². The molecule has 0 amide bonds. The van der Waals surface area contributed by atoms with Gasteiger partial charge in [0, 0.05) is 65.3 Å². The summed E-state index contributed by atoms with van der Waals surface area (Å²) in [6, 6.07) is 18.3. The van der Waals surface area contributed by atoms with E-state index in [1.165, 1.54) is 0 Å². The summed E-state index contributed by atoms with van der Waals surface area (Å²) >= 11 is 0. The summed E-state index contributed by atoms with van der Waals surface area (Å²) in [7, 11) is 0. The lowest BCUT2D eigenvalue weighted by Crippen LogP contribution is -2.32. The van der Waals surface area contributed by atoms with Gasteiger partial charge in [-0.25, -0.2) is 4.79 Å². The highest BCUT2D eigenvalue weighted by Gasteiger charge is 2.54. The van der Waals surface area contributed by atoms with Crippen LogP contribution in [0.5, 0.6) is 5.75 Å². The number of hydrogen-bond acceptors (Lipinski definition) is 5. The van der Waals surface area contributed by atoms with Crippen LogP contribution in [0.3, 0.4) is 0 Å². The minimum atomic E-state index is -1.24. The highest BCUT2D eigenvalue weighted by atomic mass is 16.6. The molecule has 204 valence electrons. The van der Waals surface area contributed by atoms with E-state index in [0.29, 0.717) is 17.9 Å². The first-order valence-corrected chi connectivity index (χ1v) is 14.3. The summed E-state index contributed by atoms with van der Waals surface area (Å²) in [5.74, 6) is 0.366. The Hall–Kier alpha value is -3.80. The third kappa shape index (κ3) is 4.36. The first-order valence-electron chi connectivity index (χ1n) is 14.3. The number of carbonyl (C=O) groups excluding carboxylic acids is 1. The Morgan fingerprint density at radius 1 is 1.00 bits per heavy atom. The quantitative estimate of drug-likeness (QED) is 0.153. The molecule has 1 atom stereocenters. The highest BCUT2D eigenvalue weighted by Crippen LogP contribution is 2.52. The van der Waals surface area contributed by atoms with Gasteiger partial charge in [-0.3, -0.25) is 4.98 Å². The number of unbranched alkanes of at least 4 members (excludes halogenated alkanes) is 2. The molecule has 0 bridgehead atoms. The Bertz CT molecular complexity index is 1490. The van der Waals surface area contributed by atoms with E-state index >= 15 is 0 Å². The van der Waals surface area contributed by atoms with Gasteiger partial charge in [-0.1, -0.05) is 38.0 Å². The van der Waals surface area contributed by atoms with Gasteiger partial charge < -0.3 is 18.9 Å². The number of rotatable bonds is 11. The van der Waals surface area contributed by atoms with E-state index in [4.69, 9.17) is 14.5 Å².